The number of guanidine groups is 1. The minimum absolute atomic E-state index is 0. The zero-order valence-corrected chi connectivity index (χ0v) is 13.9. The van der Waals surface area contributed by atoms with Crippen molar-refractivity contribution in [2.24, 2.45) is 4.99 Å². The fourth-order valence-corrected chi connectivity index (χ4v) is 2.14. The summed E-state index contributed by atoms with van der Waals surface area (Å²) in [5.74, 6) is 0.627. The van der Waals surface area contributed by atoms with Gasteiger partial charge in [-0.3, -0.25) is 4.99 Å². The van der Waals surface area contributed by atoms with Gasteiger partial charge in [-0.1, -0.05) is 24.3 Å². The summed E-state index contributed by atoms with van der Waals surface area (Å²) in [6.45, 7) is 0.739. The van der Waals surface area contributed by atoms with E-state index >= 15 is 0 Å². The van der Waals surface area contributed by atoms with Crippen LogP contribution in [0.15, 0.2) is 41.4 Å². The normalized spacial score (nSPS) is 15.0. The Morgan fingerprint density at radius 3 is 2.75 bits per heavy atom. The van der Waals surface area contributed by atoms with E-state index in [2.05, 4.69) is 27.8 Å². The van der Waals surface area contributed by atoms with Gasteiger partial charge in [0.25, 0.3) is 0 Å². The zero-order valence-electron chi connectivity index (χ0n) is 11.6. The van der Waals surface area contributed by atoms with Crippen LogP contribution in [0.1, 0.15) is 18.4 Å². The lowest BCUT2D eigenvalue weighted by molar-refractivity contribution is 0.623. The molecule has 0 atom stereocenters. The molecule has 0 amide bonds. The van der Waals surface area contributed by atoms with Crippen LogP contribution in [0.25, 0.3) is 0 Å². The fraction of sp³-hybridized carbons (Fsp3) is 0.400. The van der Waals surface area contributed by atoms with Gasteiger partial charge in [-0.25, -0.2) is 4.39 Å². The van der Waals surface area contributed by atoms with Gasteiger partial charge in [-0.05, 0) is 37.0 Å². The van der Waals surface area contributed by atoms with Gasteiger partial charge in [0.05, 0.1) is 0 Å². The Balaban J connectivity index is 0.00000200. The van der Waals surface area contributed by atoms with Crippen molar-refractivity contribution in [1.29, 1.82) is 0 Å². The molecule has 1 aliphatic carbocycles. The van der Waals surface area contributed by atoms with E-state index in [1.807, 2.05) is 6.07 Å². The molecule has 0 unspecified atom stereocenters. The van der Waals surface area contributed by atoms with Crippen molar-refractivity contribution in [3.63, 3.8) is 0 Å². The number of hydrogen-bond acceptors (Lipinski definition) is 1. The first-order chi connectivity index (χ1) is 9.28. The quantitative estimate of drug-likeness (QED) is 0.360. The van der Waals surface area contributed by atoms with Crippen LogP contribution in [0.2, 0.25) is 0 Å². The summed E-state index contributed by atoms with van der Waals surface area (Å²) in [5.41, 5.74) is 0.991. The molecule has 2 N–H and O–H groups in total. The Labute approximate surface area is 136 Å². The van der Waals surface area contributed by atoms with E-state index in [1.165, 1.54) is 6.07 Å². The molecule has 0 spiro atoms. The third-order valence-electron chi connectivity index (χ3n) is 3.17. The summed E-state index contributed by atoms with van der Waals surface area (Å²) in [4.78, 5) is 4.19. The van der Waals surface area contributed by atoms with Crippen molar-refractivity contribution >= 4 is 29.9 Å². The summed E-state index contributed by atoms with van der Waals surface area (Å²) >= 11 is 0. The first-order valence-corrected chi connectivity index (χ1v) is 6.64. The predicted molar refractivity (Wildman–Crippen MR) is 92.2 cm³/mol. The molecule has 0 fully saturated rings. The molecule has 110 valence electrons. The van der Waals surface area contributed by atoms with Crippen LogP contribution in [-0.2, 0) is 6.42 Å². The fourth-order valence-electron chi connectivity index (χ4n) is 2.14. The Morgan fingerprint density at radius 2 is 2.10 bits per heavy atom. The molecule has 0 saturated heterocycles. The first kappa shape index (κ1) is 16.9. The molecule has 0 heterocycles. The molecule has 1 aromatic rings. The number of halogens is 2. The van der Waals surface area contributed by atoms with E-state index in [4.69, 9.17) is 0 Å². The maximum Gasteiger partial charge on any atom is 0.191 e. The highest BCUT2D eigenvalue weighted by Gasteiger charge is 2.11. The minimum atomic E-state index is -0.183. The molecule has 3 nitrogen and oxygen atoms in total. The maximum absolute atomic E-state index is 13.0. The summed E-state index contributed by atoms with van der Waals surface area (Å²) in [7, 11) is 1.76. The number of hydrogen-bond donors (Lipinski definition) is 2. The number of rotatable bonds is 4. The summed E-state index contributed by atoms with van der Waals surface area (Å²) in [6, 6.07) is 7.15. The lowest BCUT2D eigenvalue weighted by Gasteiger charge is -2.16. The van der Waals surface area contributed by atoms with Crippen LogP contribution in [0, 0.1) is 5.82 Å². The molecule has 0 saturated carbocycles. The highest BCUT2D eigenvalue weighted by atomic mass is 127. The van der Waals surface area contributed by atoms with E-state index in [9.17, 15) is 4.39 Å². The molecule has 5 heteroatoms. The molecule has 0 aliphatic heterocycles. The summed E-state index contributed by atoms with van der Waals surface area (Å²) in [6.07, 6.45) is 7.23. The van der Waals surface area contributed by atoms with Gasteiger partial charge in [-0.15, -0.1) is 24.0 Å². The Kier molecular flexibility index (Phi) is 7.58. The molecule has 1 aliphatic rings. The minimum Gasteiger partial charge on any atom is -0.356 e. The molecular weight excluding hydrogens is 368 g/mol. The van der Waals surface area contributed by atoms with Crippen molar-refractivity contribution in [3.05, 3.63) is 47.8 Å². The highest BCUT2D eigenvalue weighted by Crippen LogP contribution is 2.08. The topological polar surface area (TPSA) is 36.4 Å². The van der Waals surface area contributed by atoms with Crippen molar-refractivity contribution in [2.45, 2.75) is 25.3 Å². The van der Waals surface area contributed by atoms with Gasteiger partial charge < -0.3 is 10.6 Å². The lowest BCUT2D eigenvalue weighted by Crippen LogP contribution is -2.43. The van der Waals surface area contributed by atoms with Crippen LogP contribution >= 0.6 is 24.0 Å². The van der Waals surface area contributed by atoms with Crippen molar-refractivity contribution in [1.82, 2.24) is 10.6 Å². The van der Waals surface area contributed by atoms with Crippen molar-refractivity contribution in [3.8, 4) is 0 Å². The zero-order chi connectivity index (χ0) is 13.5. The van der Waals surface area contributed by atoms with Gasteiger partial charge in [0, 0.05) is 19.6 Å². The maximum atomic E-state index is 13.0. The van der Waals surface area contributed by atoms with Crippen molar-refractivity contribution < 1.29 is 4.39 Å². The van der Waals surface area contributed by atoms with E-state index in [0.29, 0.717) is 6.04 Å². The van der Waals surface area contributed by atoms with Crippen LogP contribution in [0.5, 0.6) is 0 Å². The summed E-state index contributed by atoms with van der Waals surface area (Å²) in [5, 5.41) is 6.62. The molecule has 0 aromatic heterocycles. The number of aliphatic imine (C=N–C) groups is 1. The van der Waals surface area contributed by atoms with Gasteiger partial charge in [-0.2, -0.15) is 0 Å². The number of benzene rings is 1. The SMILES string of the molecule is CN=C(NCCc1cccc(F)c1)NC1CC=CC1.I. The highest BCUT2D eigenvalue weighted by molar-refractivity contribution is 14.0. The summed E-state index contributed by atoms with van der Waals surface area (Å²) < 4.78 is 13.0. The van der Waals surface area contributed by atoms with Gasteiger partial charge in [0.1, 0.15) is 5.82 Å². The lowest BCUT2D eigenvalue weighted by atomic mass is 10.1. The van der Waals surface area contributed by atoms with Crippen LogP contribution in [0.3, 0.4) is 0 Å². The molecule has 0 radical (unpaired) electrons. The Bertz CT molecular complexity index is 466. The molecule has 20 heavy (non-hydrogen) atoms. The van der Waals surface area contributed by atoms with Crippen LogP contribution in [0.4, 0.5) is 4.39 Å². The van der Waals surface area contributed by atoms with E-state index in [1.54, 1.807) is 19.2 Å². The average Bonchev–Trinajstić information content (AvgIpc) is 2.90. The Morgan fingerprint density at radius 1 is 1.35 bits per heavy atom. The number of nitrogens with zero attached hydrogens (tertiary/aromatic N) is 1. The first-order valence-electron chi connectivity index (χ1n) is 6.64. The predicted octanol–water partition coefficient (Wildman–Crippen LogP) is 2.87. The van der Waals surface area contributed by atoms with E-state index in [-0.39, 0.29) is 29.8 Å². The third-order valence-corrected chi connectivity index (χ3v) is 3.17. The van der Waals surface area contributed by atoms with E-state index in [0.717, 1.165) is 37.3 Å². The smallest absolute Gasteiger partial charge is 0.191 e. The largest absolute Gasteiger partial charge is 0.356 e. The van der Waals surface area contributed by atoms with Crippen LogP contribution < -0.4 is 10.6 Å². The van der Waals surface area contributed by atoms with Gasteiger partial charge in [0.15, 0.2) is 5.96 Å². The average molecular weight is 389 g/mol. The second-order valence-electron chi connectivity index (χ2n) is 4.66. The third kappa shape index (κ3) is 5.48. The van der Waals surface area contributed by atoms with E-state index < -0.39 is 0 Å². The monoisotopic (exact) mass is 389 g/mol. The molecule has 1 aromatic carbocycles. The van der Waals surface area contributed by atoms with Crippen LogP contribution in [-0.4, -0.2) is 25.6 Å². The standard InChI is InChI=1S/C15H20FN3.HI/c1-17-15(19-14-7-2-3-8-14)18-10-9-12-5-4-6-13(16)11-12;/h2-6,11,14H,7-10H2,1H3,(H2,17,18,19);1H. The Hall–Kier alpha value is -1.11. The number of nitrogens with one attached hydrogen (secondary N) is 2. The molecule has 2 rings (SSSR count). The second kappa shape index (κ2) is 8.94. The second-order valence-corrected chi connectivity index (χ2v) is 4.66. The van der Waals surface area contributed by atoms with Gasteiger partial charge >= 0.3 is 0 Å². The molecule has 0 bridgehead atoms. The molecular formula is C15H21FIN3. The van der Waals surface area contributed by atoms with Gasteiger partial charge in [0.2, 0.25) is 0 Å². The van der Waals surface area contributed by atoms with Crippen molar-refractivity contribution in [2.75, 3.05) is 13.6 Å².